The standard InChI is InChI=1S/C19H28ClF3N4O/c1-13(2)5-4-6-14(3)25-18(28)27-9-7-26(8-10-27)17-16(20)11-15(12-24-17)19(21,22)23/h11-14H,4-10H2,1-3H3,(H,25,28). The molecule has 9 heteroatoms. The minimum Gasteiger partial charge on any atom is -0.352 e. The Bertz CT molecular complexity index is 661. The second-order valence-electron chi connectivity index (χ2n) is 7.68. The molecule has 0 aromatic carbocycles. The molecular weight excluding hydrogens is 393 g/mol. The van der Waals surface area contributed by atoms with Gasteiger partial charge in [-0.15, -0.1) is 0 Å². The summed E-state index contributed by atoms with van der Waals surface area (Å²) in [5.74, 6) is 0.971. The van der Waals surface area contributed by atoms with Crippen LogP contribution < -0.4 is 10.2 Å². The van der Waals surface area contributed by atoms with E-state index in [0.29, 0.717) is 37.9 Å². The quantitative estimate of drug-likeness (QED) is 0.719. The van der Waals surface area contributed by atoms with Crippen molar-refractivity contribution in [1.82, 2.24) is 15.2 Å². The van der Waals surface area contributed by atoms with E-state index in [1.54, 1.807) is 9.80 Å². The number of aromatic nitrogens is 1. The van der Waals surface area contributed by atoms with Crippen molar-refractivity contribution in [2.24, 2.45) is 5.92 Å². The number of hydrogen-bond donors (Lipinski definition) is 1. The van der Waals surface area contributed by atoms with Gasteiger partial charge in [0.05, 0.1) is 10.6 Å². The Labute approximate surface area is 169 Å². The number of rotatable bonds is 6. The van der Waals surface area contributed by atoms with Crippen molar-refractivity contribution < 1.29 is 18.0 Å². The number of urea groups is 1. The number of amides is 2. The summed E-state index contributed by atoms with van der Waals surface area (Å²) >= 11 is 6.01. The summed E-state index contributed by atoms with van der Waals surface area (Å²) < 4.78 is 38.2. The van der Waals surface area contributed by atoms with Crippen LogP contribution in [0.15, 0.2) is 12.3 Å². The molecule has 28 heavy (non-hydrogen) atoms. The molecule has 0 spiro atoms. The molecule has 0 aliphatic carbocycles. The third-order valence-electron chi connectivity index (χ3n) is 4.80. The minimum atomic E-state index is -4.47. The van der Waals surface area contributed by atoms with Crippen LogP contribution in [0.25, 0.3) is 0 Å². The highest BCUT2D eigenvalue weighted by molar-refractivity contribution is 6.33. The van der Waals surface area contributed by atoms with Crippen LogP contribution in [0.2, 0.25) is 5.02 Å². The lowest BCUT2D eigenvalue weighted by Gasteiger charge is -2.36. The summed E-state index contributed by atoms with van der Waals surface area (Å²) in [5, 5.41) is 2.98. The van der Waals surface area contributed by atoms with Gasteiger partial charge < -0.3 is 15.1 Å². The van der Waals surface area contributed by atoms with Crippen LogP contribution in [0.3, 0.4) is 0 Å². The number of hydrogen-bond acceptors (Lipinski definition) is 3. The molecule has 2 amide bonds. The van der Waals surface area contributed by atoms with E-state index < -0.39 is 11.7 Å². The van der Waals surface area contributed by atoms with Gasteiger partial charge in [0.2, 0.25) is 0 Å². The van der Waals surface area contributed by atoms with Crippen molar-refractivity contribution in [3.8, 4) is 0 Å². The van der Waals surface area contributed by atoms with E-state index in [9.17, 15) is 18.0 Å². The maximum Gasteiger partial charge on any atom is 0.417 e. The summed E-state index contributed by atoms with van der Waals surface area (Å²) in [6.07, 6.45) is -0.531. The summed E-state index contributed by atoms with van der Waals surface area (Å²) in [7, 11) is 0. The Balaban J connectivity index is 1.84. The van der Waals surface area contributed by atoms with Crippen molar-refractivity contribution in [2.45, 2.75) is 52.3 Å². The molecule has 0 saturated carbocycles. The van der Waals surface area contributed by atoms with Crippen molar-refractivity contribution in [3.05, 3.63) is 22.8 Å². The van der Waals surface area contributed by atoms with E-state index in [1.165, 1.54) is 0 Å². The third-order valence-corrected chi connectivity index (χ3v) is 5.08. The number of halogens is 4. The van der Waals surface area contributed by atoms with Gasteiger partial charge in [-0.1, -0.05) is 38.3 Å². The number of carbonyl (C=O) groups is 1. The molecule has 0 bridgehead atoms. The summed E-state index contributed by atoms with van der Waals surface area (Å²) in [4.78, 5) is 19.8. The average molecular weight is 421 g/mol. The molecule has 2 rings (SSSR count). The van der Waals surface area contributed by atoms with Crippen LogP contribution in [-0.2, 0) is 6.18 Å². The van der Waals surface area contributed by atoms with E-state index in [4.69, 9.17) is 11.6 Å². The maximum absolute atomic E-state index is 12.7. The largest absolute Gasteiger partial charge is 0.417 e. The fraction of sp³-hybridized carbons (Fsp3) is 0.684. The van der Waals surface area contributed by atoms with Crippen molar-refractivity contribution in [2.75, 3.05) is 31.1 Å². The second-order valence-corrected chi connectivity index (χ2v) is 8.08. The average Bonchev–Trinajstić information content (AvgIpc) is 2.60. The van der Waals surface area contributed by atoms with Crippen LogP contribution >= 0.6 is 11.6 Å². The number of nitrogens with zero attached hydrogens (tertiary/aromatic N) is 3. The highest BCUT2D eigenvalue weighted by Gasteiger charge is 2.32. The van der Waals surface area contributed by atoms with E-state index in [2.05, 4.69) is 24.1 Å². The van der Waals surface area contributed by atoms with Crippen molar-refractivity contribution in [3.63, 3.8) is 0 Å². The second kappa shape index (κ2) is 9.67. The lowest BCUT2D eigenvalue weighted by atomic mass is 10.0. The first-order chi connectivity index (χ1) is 13.1. The van der Waals surface area contributed by atoms with Gasteiger partial charge in [-0.3, -0.25) is 0 Å². The summed E-state index contributed by atoms with van der Waals surface area (Å²) in [6.45, 7) is 8.22. The molecule has 1 saturated heterocycles. The molecule has 1 aliphatic rings. The van der Waals surface area contributed by atoms with Crippen LogP contribution in [0.1, 0.15) is 45.6 Å². The predicted molar refractivity (Wildman–Crippen MR) is 105 cm³/mol. The molecule has 1 aromatic heterocycles. The molecule has 5 nitrogen and oxygen atoms in total. The molecule has 1 N–H and O–H groups in total. The normalized spacial score (nSPS) is 16.4. The van der Waals surface area contributed by atoms with Gasteiger partial charge in [-0.05, 0) is 25.3 Å². The molecule has 1 fully saturated rings. The monoisotopic (exact) mass is 420 g/mol. The van der Waals surface area contributed by atoms with Gasteiger partial charge in [0.1, 0.15) is 5.82 Å². The Kier molecular flexibility index (Phi) is 7.80. The van der Waals surface area contributed by atoms with Gasteiger partial charge in [-0.25, -0.2) is 9.78 Å². The minimum absolute atomic E-state index is 0.0356. The van der Waals surface area contributed by atoms with Crippen LogP contribution in [0, 0.1) is 5.92 Å². The maximum atomic E-state index is 12.7. The molecule has 1 unspecified atom stereocenters. The fourth-order valence-corrected chi connectivity index (χ4v) is 3.43. The molecule has 0 radical (unpaired) electrons. The van der Waals surface area contributed by atoms with Gasteiger partial charge in [-0.2, -0.15) is 13.2 Å². The predicted octanol–water partition coefficient (Wildman–Crippen LogP) is 4.80. The molecule has 1 aliphatic heterocycles. The summed E-state index contributed by atoms with van der Waals surface area (Å²) in [5.41, 5.74) is -0.870. The first kappa shape index (κ1) is 22.6. The van der Waals surface area contributed by atoms with Crippen LogP contribution in [0.4, 0.5) is 23.8 Å². The first-order valence-electron chi connectivity index (χ1n) is 9.61. The molecule has 1 aromatic rings. The third kappa shape index (κ3) is 6.43. The molecular formula is C19H28ClF3N4O. The summed E-state index contributed by atoms with van der Waals surface area (Å²) in [6, 6.07) is 0.889. The number of piperazine rings is 1. The van der Waals surface area contributed by atoms with Gasteiger partial charge in [0.15, 0.2) is 0 Å². The van der Waals surface area contributed by atoms with E-state index in [1.807, 2.05) is 6.92 Å². The Morgan fingerprint density at radius 1 is 1.21 bits per heavy atom. The SMILES string of the molecule is CC(C)CCCC(C)NC(=O)N1CCN(c2ncc(C(F)(F)F)cc2Cl)CC1. The zero-order valence-electron chi connectivity index (χ0n) is 16.5. The van der Waals surface area contributed by atoms with Crippen molar-refractivity contribution in [1.29, 1.82) is 0 Å². The number of alkyl halides is 3. The van der Waals surface area contributed by atoms with E-state index in [0.717, 1.165) is 31.5 Å². The Morgan fingerprint density at radius 2 is 1.86 bits per heavy atom. The van der Waals surface area contributed by atoms with Gasteiger partial charge in [0.25, 0.3) is 0 Å². The lowest BCUT2D eigenvalue weighted by Crippen LogP contribution is -2.53. The van der Waals surface area contributed by atoms with Gasteiger partial charge >= 0.3 is 12.2 Å². The van der Waals surface area contributed by atoms with Crippen molar-refractivity contribution >= 4 is 23.4 Å². The van der Waals surface area contributed by atoms with Gasteiger partial charge in [0, 0.05) is 38.4 Å². The number of pyridine rings is 1. The molecule has 2 heterocycles. The zero-order chi connectivity index (χ0) is 20.9. The Morgan fingerprint density at radius 3 is 2.39 bits per heavy atom. The topological polar surface area (TPSA) is 48.5 Å². The number of nitrogens with one attached hydrogen (secondary N) is 1. The number of anilines is 1. The lowest BCUT2D eigenvalue weighted by molar-refractivity contribution is -0.137. The van der Waals surface area contributed by atoms with Crippen LogP contribution in [0.5, 0.6) is 0 Å². The van der Waals surface area contributed by atoms with E-state index >= 15 is 0 Å². The highest BCUT2D eigenvalue weighted by atomic mass is 35.5. The smallest absolute Gasteiger partial charge is 0.352 e. The zero-order valence-corrected chi connectivity index (χ0v) is 17.3. The molecule has 158 valence electrons. The fourth-order valence-electron chi connectivity index (χ4n) is 3.15. The van der Waals surface area contributed by atoms with Crippen LogP contribution in [-0.4, -0.2) is 48.1 Å². The first-order valence-corrected chi connectivity index (χ1v) is 9.99. The molecule has 1 atom stereocenters. The highest BCUT2D eigenvalue weighted by Crippen LogP contribution is 2.33. The number of carbonyl (C=O) groups excluding carboxylic acids is 1. The van der Waals surface area contributed by atoms with E-state index in [-0.39, 0.29) is 17.1 Å². The Hall–Kier alpha value is -1.70.